The van der Waals surface area contributed by atoms with E-state index in [0.29, 0.717) is 0 Å². The molecule has 0 saturated heterocycles. The first-order chi connectivity index (χ1) is 10.7. The van der Waals surface area contributed by atoms with Gasteiger partial charge in [-0.25, -0.2) is 4.98 Å². The summed E-state index contributed by atoms with van der Waals surface area (Å²) in [5.41, 5.74) is 2.84. The molecular weight excluding hydrogens is 296 g/mol. The van der Waals surface area contributed by atoms with Gasteiger partial charge in [0.15, 0.2) is 0 Å². The summed E-state index contributed by atoms with van der Waals surface area (Å²) in [6, 6.07) is 13.9. The molecule has 0 spiro atoms. The Morgan fingerprint density at radius 2 is 1.95 bits per heavy atom. The van der Waals surface area contributed by atoms with E-state index in [1.807, 2.05) is 30.3 Å². The monoisotopic (exact) mass is 312 g/mol. The van der Waals surface area contributed by atoms with Crippen LogP contribution in [-0.4, -0.2) is 16.7 Å². The molecule has 0 saturated carbocycles. The SMILES string of the molecule is COc1ccc(CSc2cccc3c2ncc(=O)n3C)cc1. The third kappa shape index (κ3) is 2.85. The fourth-order valence-electron chi connectivity index (χ4n) is 2.24. The highest BCUT2D eigenvalue weighted by Crippen LogP contribution is 2.28. The van der Waals surface area contributed by atoms with Crippen molar-refractivity contribution in [3.05, 3.63) is 64.6 Å². The highest BCUT2D eigenvalue weighted by Gasteiger charge is 2.06. The molecule has 3 rings (SSSR count). The lowest BCUT2D eigenvalue weighted by molar-refractivity contribution is 0.414. The van der Waals surface area contributed by atoms with Crippen LogP contribution in [0.25, 0.3) is 11.0 Å². The number of thioether (sulfide) groups is 1. The summed E-state index contributed by atoms with van der Waals surface area (Å²) in [5.74, 6) is 1.70. The normalized spacial score (nSPS) is 10.8. The zero-order valence-corrected chi connectivity index (χ0v) is 13.3. The molecule has 0 N–H and O–H groups in total. The average molecular weight is 312 g/mol. The van der Waals surface area contributed by atoms with Crippen molar-refractivity contribution >= 4 is 22.8 Å². The largest absolute Gasteiger partial charge is 0.497 e. The number of methoxy groups -OCH3 is 1. The van der Waals surface area contributed by atoms with Crippen LogP contribution in [0, 0.1) is 0 Å². The lowest BCUT2D eigenvalue weighted by Crippen LogP contribution is -2.16. The number of rotatable bonds is 4. The van der Waals surface area contributed by atoms with Crippen LogP contribution in [0.1, 0.15) is 5.56 Å². The lowest BCUT2D eigenvalue weighted by Gasteiger charge is -2.08. The van der Waals surface area contributed by atoms with E-state index >= 15 is 0 Å². The van der Waals surface area contributed by atoms with Crippen LogP contribution in [0.15, 0.2) is 58.4 Å². The zero-order chi connectivity index (χ0) is 15.5. The third-order valence-electron chi connectivity index (χ3n) is 3.53. The van der Waals surface area contributed by atoms with E-state index < -0.39 is 0 Å². The van der Waals surface area contributed by atoms with Crippen LogP contribution in [0.3, 0.4) is 0 Å². The maximum Gasteiger partial charge on any atom is 0.269 e. The highest BCUT2D eigenvalue weighted by molar-refractivity contribution is 7.98. The Balaban J connectivity index is 1.87. The molecule has 0 aliphatic heterocycles. The van der Waals surface area contributed by atoms with Gasteiger partial charge in [0.05, 0.1) is 18.8 Å². The Labute approximate surface area is 132 Å². The van der Waals surface area contributed by atoms with E-state index in [-0.39, 0.29) is 5.56 Å². The molecule has 0 aliphatic rings. The Morgan fingerprint density at radius 1 is 1.18 bits per heavy atom. The predicted octanol–water partition coefficient (Wildman–Crippen LogP) is 3.23. The molecule has 5 heteroatoms. The van der Waals surface area contributed by atoms with E-state index in [1.54, 1.807) is 30.5 Å². The molecule has 0 aliphatic carbocycles. The van der Waals surface area contributed by atoms with Gasteiger partial charge in [-0.3, -0.25) is 4.79 Å². The van der Waals surface area contributed by atoms with Crippen molar-refractivity contribution in [2.75, 3.05) is 7.11 Å². The third-order valence-corrected chi connectivity index (χ3v) is 4.65. The van der Waals surface area contributed by atoms with Crippen LogP contribution >= 0.6 is 11.8 Å². The van der Waals surface area contributed by atoms with E-state index in [1.165, 1.54) is 11.8 Å². The van der Waals surface area contributed by atoms with Crippen LogP contribution in [0.2, 0.25) is 0 Å². The summed E-state index contributed by atoms with van der Waals surface area (Å²) in [7, 11) is 3.43. The maximum absolute atomic E-state index is 11.7. The van der Waals surface area contributed by atoms with Gasteiger partial charge >= 0.3 is 0 Å². The number of benzene rings is 2. The van der Waals surface area contributed by atoms with Crippen molar-refractivity contribution in [3.8, 4) is 5.75 Å². The molecule has 112 valence electrons. The van der Waals surface area contributed by atoms with Crippen molar-refractivity contribution in [2.45, 2.75) is 10.6 Å². The van der Waals surface area contributed by atoms with Gasteiger partial charge in [-0.2, -0.15) is 0 Å². The van der Waals surface area contributed by atoms with Crippen molar-refractivity contribution in [1.29, 1.82) is 0 Å². The molecule has 1 heterocycles. The van der Waals surface area contributed by atoms with Crippen LogP contribution in [-0.2, 0) is 12.8 Å². The van der Waals surface area contributed by atoms with Gasteiger partial charge in [0, 0.05) is 17.7 Å². The summed E-state index contributed by atoms with van der Waals surface area (Å²) in [6.07, 6.45) is 1.37. The molecule has 0 amide bonds. The Bertz CT molecular complexity index is 857. The van der Waals surface area contributed by atoms with E-state index in [4.69, 9.17) is 4.74 Å². The number of hydrogen-bond donors (Lipinski definition) is 0. The molecule has 0 fully saturated rings. The van der Waals surface area contributed by atoms with Gasteiger partial charge in [-0.15, -0.1) is 11.8 Å². The van der Waals surface area contributed by atoms with Crippen molar-refractivity contribution in [2.24, 2.45) is 7.05 Å². The number of hydrogen-bond acceptors (Lipinski definition) is 4. The number of nitrogens with zero attached hydrogens (tertiary/aromatic N) is 2. The Hall–Kier alpha value is -2.27. The second-order valence-electron chi connectivity index (χ2n) is 4.92. The number of ether oxygens (including phenoxy) is 1. The van der Waals surface area contributed by atoms with Gasteiger partial charge in [0.25, 0.3) is 5.56 Å². The minimum Gasteiger partial charge on any atom is -0.497 e. The predicted molar refractivity (Wildman–Crippen MR) is 89.5 cm³/mol. The number of fused-ring (bicyclic) bond motifs is 1. The summed E-state index contributed by atoms with van der Waals surface area (Å²) in [4.78, 5) is 17.0. The van der Waals surface area contributed by atoms with Gasteiger partial charge in [0.1, 0.15) is 11.3 Å². The fourth-order valence-corrected chi connectivity index (χ4v) is 3.22. The first kappa shape index (κ1) is 14.7. The molecule has 3 aromatic rings. The summed E-state index contributed by atoms with van der Waals surface area (Å²) in [6.45, 7) is 0. The van der Waals surface area contributed by atoms with Gasteiger partial charge in [0.2, 0.25) is 0 Å². The molecule has 0 atom stereocenters. The topological polar surface area (TPSA) is 44.1 Å². The Morgan fingerprint density at radius 3 is 2.68 bits per heavy atom. The average Bonchev–Trinajstić information content (AvgIpc) is 2.57. The minimum absolute atomic E-state index is 0.0928. The van der Waals surface area contributed by atoms with Crippen LogP contribution in [0.4, 0.5) is 0 Å². The summed E-state index contributed by atoms with van der Waals surface area (Å²) in [5, 5.41) is 0. The zero-order valence-electron chi connectivity index (χ0n) is 12.4. The number of aryl methyl sites for hydroxylation is 1. The second kappa shape index (κ2) is 6.23. The molecule has 4 nitrogen and oxygen atoms in total. The molecule has 2 aromatic carbocycles. The minimum atomic E-state index is -0.0928. The number of aromatic nitrogens is 2. The molecule has 0 radical (unpaired) electrons. The summed E-state index contributed by atoms with van der Waals surface area (Å²) < 4.78 is 6.79. The highest BCUT2D eigenvalue weighted by atomic mass is 32.2. The van der Waals surface area contributed by atoms with E-state index in [2.05, 4.69) is 17.1 Å². The van der Waals surface area contributed by atoms with Gasteiger partial charge in [-0.1, -0.05) is 18.2 Å². The van der Waals surface area contributed by atoms with Crippen LogP contribution in [0.5, 0.6) is 5.75 Å². The molecule has 0 bridgehead atoms. The smallest absolute Gasteiger partial charge is 0.269 e. The number of para-hydroxylation sites is 1. The first-order valence-electron chi connectivity index (χ1n) is 6.89. The van der Waals surface area contributed by atoms with E-state index in [0.717, 1.165) is 27.4 Å². The first-order valence-corrected chi connectivity index (χ1v) is 7.88. The molecule has 22 heavy (non-hydrogen) atoms. The van der Waals surface area contributed by atoms with Gasteiger partial charge in [-0.05, 0) is 29.8 Å². The summed E-state index contributed by atoms with van der Waals surface area (Å²) >= 11 is 1.71. The van der Waals surface area contributed by atoms with E-state index in [9.17, 15) is 4.79 Å². The fraction of sp³-hybridized carbons (Fsp3) is 0.176. The standard InChI is InChI=1S/C17H16N2O2S/c1-19-14-4-3-5-15(17(14)18-10-16(19)20)22-11-12-6-8-13(21-2)9-7-12/h3-10H,11H2,1-2H3. The van der Waals surface area contributed by atoms with Gasteiger partial charge < -0.3 is 9.30 Å². The molecular formula is C17H16N2O2S. The van der Waals surface area contributed by atoms with Crippen molar-refractivity contribution in [1.82, 2.24) is 9.55 Å². The van der Waals surface area contributed by atoms with Crippen LogP contribution < -0.4 is 10.3 Å². The Kier molecular flexibility index (Phi) is 4.15. The van der Waals surface area contributed by atoms with Crippen molar-refractivity contribution < 1.29 is 4.74 Å². The molecule has 1 aromatic heterocycles. The maximum atomic E-state index is 11.7. The second-order valence-corrected chi connectivity index (χ2v) is 5.93. The van der Waals surface area contributed by atoms with Crippen molar-refractivity contribution in [3.63, 3.8) is 0 Å². The quantitative estimate of drug-likeness (QED) is 0.694. The molecule has 0 unspecified atom stereocenters. The lowest BCUT2D eigenvalue weighted by atomic mass is 10.2.